The minimum atomic E-state index is -0.440. The Balaban J connectivity index is 0.00000209. The van der Waals surface area contributed by atoms with Crippen LogP contribution in [-0.2, 0) is 35.0 Å². The lowest BCUT2D eigenvalue weighted by molar-refractivity contribution is -0.122. The molecule has 50 heavy (non-hydrogen) atoms. The Labute approximate surface area is 299 Å². The Morgan fingerprint density at radius 3 is 2.18 bits per heavy atom. The van der Waals surface area contributed by atoms with E-state index in [1.165, 1.54) is 12.4 Å². The molecule has 0 unspecified atom stereocenters. The van der Waals surface area contributed by atoms with Gasteiger partial charge in [0.2, 0.25) is 17.7 Å². The number of aromatic nitrogens is 2. The van der Waals surface area contributed by atoms with Crippen LogP contribution in [0.15, 0.2) is 60.0 Å². The van der Waals surface area contributed by atoms with E-state index in [9.17, 15) is 18.8 Å². The predicted molar refractivity (Wildman–Crippen MR) is 193 cm³/mol. The second-order valence-corrected chi connectivity index (χ2v) is 10.7. The summed E-state index contributed by atoms with van der Waals surface area (Å²) in [6.45, 7) is 11.2. The van der Waals surface area contributed by atoms with Crippen molar-refractivity contribution in [2.24, 2.45) is 4.99 Å². The molecule has 0 radical (unpaired) electrons. The van der Waals surface area contributed by atoms with Gasteiger partial charge in [-0.2, -0.15) is 0 Å². The van der Waals surface area contributed by atoms with E-state index in [0.717, 1.165) is 5.69 Å². The second kappa shape index (κ2) is 24.9. The lowest BCUT2D eigenvalue weighted by atomic mass is 9.99. The highest BCUT2D eigenvalue weighted by molar-refractivity contribution is 6.32. The van der Waals surface area contributed by atoms with Crippen molar-refractivity contribution >= 4 is 40.7 Å². The minimum absolute atomic E-state index is 0.105. The molecule has 3 aromatic rings. The van der Waals surface area contributed by atoms with Crippen molar-refractivity contribution in [1.82, 2.24) is 20.6 Å². The molecule has 3 amide bonds. The molecule has 0 saturated heterocycles. The van der Waals surface area contributed by atoms with E-state index < -0.39 is 5.82 Å². The number of anilines is 1. The van der Waals surface area contributed by atoms with Gasteiger partial charge in [-0.1, -0.05) is 51.4 Å². The van der Waals surface area contributed by atoms with E-state index >= 15 is 0 Å². The lowest BCUT2D eigenvalue weighted by Crippen LogP contribution is -2.34. The molecule has 0 fully saturated rings. The number of H-pyrrole nitrogens is 1. The smallest absolute Gasteiger partial charge is 0.248 e. The Bertz CT molecular complexity index is 1470. The van der Waals surface area contributed by atoms with Crippen LogP contribution in [0.4, 0.5) is 10.1 Å². The van der Waals surface area contributed by atoms with Crippen molar-refractivity contribution in [3.63, 3.8) is 0 Å². The number of hydrogen-bond donors (Lipinski definition) is 3. The van der Waals surface area contributed by atoms with Crippen LogP contribution in [0.3, 0.4) is 0 Å². The monoisotopic (exact) mass is 716 g/mol. The van der Waals surface area contributed by atoms with Crippen LogP contribution in [0.2, 0.25) is 5.02 Å². The molecule has 3 N–H and O–H groups in total. The zero-order valence-corrected chi connectivity index (χ0v) is 30.2. The summed E-state index contributed by atoms with van der Waals surface area (Å²) in [6.07, 6.45) is 4.02. The van der Waals surface area contributed by atoms with Gasteiger partial charge in [-0.3, -0.25) is 19.4 Å². The number of fused-ring (bicyclic) bond motifs is 1. The Hall–Kier alpha value is -4.17. The number of nitrogens with zero attached hydrogens (tertiary/aromatic N) is 3. The summed E-state index contributed by atoms with van der Waals surface area (Å²) in [5.74, 6) is -0.948. The molecule has 12 nitrogen and oxygen atoms in total. The second-order valence-electron chi connectivity index (χ2n) is 10.2. The highest BCUT2D eigenvalue weighted by atomic mass is 35.5. The fourth-order valence-corrected chi connectivity index (χ4v) is 4.86. The molecule has 274 valence electrons. The van der Waals surface area contributed by atoms with Crippen molar-refractivity contribution in [3.05, 3.63) is 82.6 Å². The van der Waals surface area contributed by atoms with Gasteiger partial charge in [0, 0.05) is 54.1 Å². The summed E-state index contributed by atoms with van der Waals surface area (Å²) in [6, 6.07) is 11.3. The number of imidazole rings is 1. The minimum Gasteiger partial charge on any atom is -0.377 e. The maximum atomic E-state index is 14.6. The van der Waals surface area contributed by atoms with Gasteiger partial charge in [-0.25, -0.2) is 9.37 Å². The summed E-state index contributed by atoms with van der Waals surface area (Å²) >= 11 is 6.26. The molecule has 0 aliphatic carbocycles. The van der Waals surface area contributed by atoms with Crippen LogP contribution >= 0.6 is 11.6 Å². The van der Waals surface area contributed by atoms with Crippen LogP contribution in [0.5, 0.6) is 0 Å². The number of nitrogens with one attached hydrogen (secondary N) is 3. The molecule has 14 heteroatoms. The quantitative estimate of drug-likeness (QED) is 0.152. The van der Waals surface area contributed by atoms with Crippen molar-refractivity contribution < 1.29 is 33.0 Å². The van der Waals surface area contributed by atoms with E-state index in [1.54, 1.807) is 47.5 Å². The van der Waals surface area contributed by atoms with Crippen LogP contribution in [0.25, 0.3) is 0 Å². The highest BCUT2D eigenvalue weighted by Crippen LogP contribution is 2.30. The molecule has 2 aromatic carbocycles. The number of carbonyl (C=O) groups excluding carboxylic acids is 3. The fourth-order valence-electron chi connectivity index (χ4n) is 4.68. The van der Waals surface area contributed by atoms with Crippen molar-refractivity contribution in [2.75, 3.05) is 70.7 Å². The maximum Gasteiger partial charge on any atom is 0.248 e. The topological polar surface area (TPSA) is 147 Å². The molecule has 4 rings (SSSR count). The van der Waals surface area contributed by atoms with Gasteiger partial charge in [-0.05, 0) is 36.8 Å². The van der Waals surface area contributed by atoms with Crippen LogP contribution in [0, 0.1) is 5.82 Å². The Morgan fingerprint density at radius 1 is 0.900 bits per heavy atom. The summed E-state index contributed by atoms with van der Waals surface area (Å²) in [7, 11) is 0. The van der Waals surface area contributed by atoms with Crippen LogP contribution < -0.4 is 15.5 Å². The van der Waals surface area contributed by atoms with Crippen LogP contribution in [-0.4, -0.2) is 99.2 Å². The van der Waals surface area contributed by atoms with Gasteiger partial charge in [0.25, 0.3) is 0 Å². The van der Waals surface area contributed by atoms with Crippen molar-refractivity contribution in [2.45, 2.75) is 47.0 Å². The average molecular weight is 717 g/mol. The maximum absolute atomic E-state index is 14.6. The molecule has 1 aliphatic heterocycles. The molecular weight excluding hydrogens is 667 g/mol. The zero-order valence-electron chi connectivity index (χ0n) is 29.4. The molecule has 0 bridgehead atoms. The summed E-state index contributed by atoms with van der Waals surface area (Å²) < 4.78 is 31.0. The van der Waals surface area contributed by atoms with E-state index in [-0.39, 0.29) is 37.1 Å². The van der Waals surface area contributed by atoms with Gasteiger partial charge in [0.15, 0.2) is 0 Å². The third-order valence-corrected chi connectivity index (χ3v) is 7.11. The number of benzene rings is 2. The number of amides is 3. The van der Waals surface area contributed by atoms with E-state index in [2.05, 4.69) is 25.6 Å². The number of carbonyl (C=O) groups is 3. The molecule has 1 aromatic heterocycles. The summed E-state index contributed by atoms with van der Waals surface area (Å²) in [4.78, 5) is 49.9. The van der Waals surface area contributed by atoms with Crippen LogP contribution in [0.1, 0.15) is 57.4 Å². The Morgan fingerprint density at radius 2 is 1.54 bits per heavy atom. The standard InChI is InChI=1S/C32H38ClFN6O6.2C2H6/c33-23-7-8-28-26(18-23)32(25-4-1-2-5-27(25)34)38-21-31(43)40(28)11-3-6-29(41)36-9-12-44-14-16-46-17-15-45-13-10-37-30(42)19-24-20-35-22-39-24;2*1-2/h1-2,4-5,7-8,18,20,22H,3,6,9-17,19,21H2,(H,35,39)(H,36,41)(H,37,42);2*1-2H3. The van der Waals surface area contributed by atoms with Gasteiger partial charge >= 0.3 is 0 Å². The van der Waals surface area contributed by atoms with Gasteiger partial charge in [0.1, 0.15) is 12.4 Å². The first-order valence-electron chi connectivity index (χ1n) is 17.1. The predicted octanol–water partition coefficient (Wildman–Crippen LogP) is 4.74. The third-order valence-electron chi connectivity index (χ3n) is 6.88. The summed E-state index contributed by atoms with van der Waals surface area (Å²) in [5, 5.41) is 6.02. The first-order valence-corrected chi connectivity index (χ1v) is 17.4. The number of hydrogen-bond acceptors (Lipinski definition) is 8. The van der Waals surface area contributed by atoms with Gasteiger partial charge in [0.05, 0.1) is 63.8 Å². The number of aromatic amines is 1. The number of benzodiazepines with no additional fused rings is 1. The van der Waals surface area contributed by atoms with E-state index in [4.69, 9.17) is 25.8 Å². The van der Waals surface area contributed by atoms with Crippen molar-refractivity contribution in [1.29, 1.82) is 0 Å². The molecule has 0 atom stereocenters. The van der Waals surface area contributed by atoms with Crippen molar-refractivity contribution in [3.8, 4) is 0 Å². The van der Waals surface area contributed by atoms with Gasteiger partial charge in [-0.15, -0.1) is 0 Å². The molecule has 1 aliphatic rings. The fraction of sp³-hybridized carbons (Fsp3) is 0.472. The lowest BCUT2D eigenvalue weighted by Gasteiger charge is -2.23. The molecule has 0 spiro atoms. The average Bonchev–Trinajstić information content (AvgIpc) is 3.60. The van der Waals surface area contributed by atoms with Gasteiger partial charge < -0.3 is 34.7 Å². The zero-order chi connectivity index (χ0) is 36.6. The number of ether oxygens (including phenoxy) is 3. The first-order chi connectivity index (χ1) is 24.4. The summed E-state index contributed by atoms with van der Waals surface area (Å²) in [5.41, 5.74) is 2.54. The van der Waals surface area contributed by atoms with E-state index in [0.29, 0.717) is 93.2 Å². The highest BCUT2D eigenvalue weighted by Gasteiger charge is 2.26. The largest absolute Gasteiger partial charge is 0.377 e. The third kappa shape index (κ3) is 14.8. The Kier molecular flexibility index (Phi) is 20.9. The number of aliphatic imine (C=N–C) groups is 1. The number of rotatable bonds is 19. The molecule has 0 saturated carbocycles. The molecular formula is C36H50ClFN6O6. The first kappa shape index (κ1) is 42.0. The van der Waals surface area contributed by atoms with E-state index in [1.807, 2.05) is 27.7 Å². The molecule has 2 heterocycles. The SMILES string of the molecule is CC.CC.O=C(CCCN1C(=O)CN=C(c2ccccc2F)c2cc(Cl)ccc21)NCCOCCOCCOCCNC(=O)Cc1cnc[nH]1. The normalized spacial score (nSPS) is 12.0. The number of halogens is 2.